The fraction of sp³-hybridized carbons (Fsp3) is 1.00. The monoisotopic (exact) mass is 214 g/mol. The quantitative estimate of drug-likeness (QED) is 0.554. The summed E-state index contributed by atoms with van der Waals surface area (Å²) in [5.74, 6) is 0.953. The normalized spacial score (nSPS) is 33.9. The molecule has 0 aliphatic carbocycles. The molecule has 1 rings (SSSR count). The third-order valence-corrected chi connectivity index (χ3v) is 6.71. The minimum Gasteiger partial charge on any atom is -0.104 e. The van der Waals surface area contributed by atoms with Crippen LogP contribution in [0.25, 0.3) is 0 Å². The van der Waals surface area contributed by atoms with Gasteiger partial charge >= 0.3 is 0 Å². The molecule has 84 valence electrons. The van der Waals surface area contributed by atoms with E-state index in [4.69, 9.17) is 0 Å². The standard InChI is InChI=1S/C13H27P/c1-11(2)14-8-6-12(3)10-13(4,5)7-9-14/h11-12H,6-10H2,1-5H3. The first-order valence-corrected chi connectivity index (χ1v) is 7.93. The van der Waals surface area contributed by atoms with E-state index in [1.165, 1.54) is 31.6 Å². The van der Waals surface area contributed by atoms with Gasteiger partial charge in [0.05, 0.1) is 0 Å². The number of rotatable bonds is 1. The second-order valence-corrected chi connectivity index (χ2v) is 9.25. The first kappa shape index (κ1) is 12.5. The largest absolute Gasteiger partial charge is 0.104 e. The van der Waals surface area contributed by atoms with E-state index in [1.807, 2.05) is 0 Å². The first-order valence-electron chi connectivity index (χ1n) is 6.15. The Morgan fingerprint density at radius 3 is 2.43 bits per heavy atom. The van der Waals surface area contributed by atoms with Crippen molar-refractivity contribution < 1.29 is 0 Å². The molecular weight excluding hydrogens is 187 g/mol. The van der Waals surface area contributed by atoms with Gasteiger partial charge in [0, 0.05) is 0 Å². The summed E-state index contributed by atoms with van der Waals surface area (Å²) in [4.78, 5) is 0. The molecule has 2 unspecified atom stereocenters. The van der Waals surface area contributed by atoms with Gasteiger partial charge in [-0.05, 0) is 48.6 Å². The van der Waals surface area contributed by atoms with Gasteiger partial charge in [0.1, 0.15) is 0 Å². The van der Waals surface area contributed by atoms with Crippen molar-refractivity contribution >= 4 is 7.92 Å². The zero-order chi connectivity index (χ0) is 10.8. The van der Waals surface area contributed by atoms with Crippen LogP contribution in [0.1, 0.15) is 53.9 Å². The Morgan fingerprint density at radius 1 is 1.21 bits per heavy atom. The molecule has 0 bridgehead atoms. The van der Waals surface area contributed by atoms with E-state index in [1.54, 1.807) is 0 Å². The average Bonchev–Trinajstić information content (AvgIpc) is 1.99. The van der Waals surface area contributed by atoms with Crippen molar-refractivity contribution in [1.82, 2.24) is 0 Å². The molecule has 0 radical (unpaired) electrons. The van der Waals surface area contributed by atoms with Gasteiger partial charge in [0.25, 0.3) is 0 Å². The number of hydrogen-bond donors (Lipinski definition) is 0. The molecule has 14 heavy (non-hydrogen) atoms. The third kappa shape index (κ3) is 3.89. The van der Waals surface area contributed by atoms with Gasteiger partial charge in [0.2, 0.25) is 0 Å². The van der Waals surface area contributed by atoms with Crippen molar-refractivity contribution in [1.29, 1.82) is 0 Å². The van der Waals surface area contributed by atoms with E-state index in [-0.39, 0.29) is 0 Å². The summed E-state index contributed by atoms with van der Waals surface area (Å²) < 4.78 is 0. The highest BCUT2D eigenvalue weighted by molar-refractivity contribution is 7.58. The molecule has 1 saturated heterocycles. The molecule has 0 spiro atoms. The summed E-state index contributed by atoms with van der Waals surface area (Å²) in [7, 11) is 0.341. The Morgan fingerprint density at radius 2 is 1.86 bits per heavy atom. The van der Waals surface area contributed by atoms with Crippen LogP contribution in [0, 0.1) is 11.3 Å². The van der Waals surface area contributed by atoms with Gasteiger partial charge in [-0.2, -0.15) is 0 Å². The fourth-order valence-corrected chi connectivity index (χ4v) is 5.53. The Hall–Kier alpha value is 0.430. The molecule has 0 saturated carbocycles. The predicted octanol–water partition coefficient (Wildman–Crippen LogP) is 4.72. The molecule has 0 N–H and O–H groups in total. The second kappa shape index (κ2) is 4.97. The van der Waals surface area contributed by atoms with Gasteiger partial charge < -0.3 is 0 Å². The maximum absolute atomic E-state index is 2.46. The molecule has 0 amide bonds. The minimum atomic E-state index is 0.341. The number of hydrogen-bond acceptors (Lipinski definition) is 0. The van der Waals surface area contributed by atoms with Gasteiger partial charge in [0.15, 0.2) is 0 Å². The molecule has 0 nitrogen and oxygen atoms in total. The van der Waals surface area contributed by atoms with Crippen LogP contribution >= 0.6 is 7.92 Å². The van der Waals surface area contributed by atoms with Crippen molar-refractivity contribution in [3.8, 4) is 0 Å². The van der Waals surface area contributed by atoms with Crippen LogP contribution in [-0.2, 0) is 0 Å². The maximum Gasteiger partial charge on any atom is -0.0266 e. The van der Waals surface area contributed by atoms with Crippen molar-refractivity contribution in [2.75, 3.05) is 12.3 Å². The summed E-state index contributed by atoms with van der Waals surface area (Å²) in [6.07, 6.45) is 7.43. The van der Waals surface area contributed by atoms with E-state index in [0.29, 0.717) is 13.3 Å². The molecule has 1 aliphatic rings. The van der Waals surface area contributed by atoms with Crippen molar-refractivity contribution in [3.63, 3.8) is 0 Å². The van der Waals surface area contributed by atoms with Crippen LogP contribution < -0.4 is 0 Å². The molecular formula is C13H27P. The third-order valence-electron chi connectivity index (χ3n) is 3.62. The lowest BCUT2D eigenvalue weighted by Crippen LogP contribution is -2.21. The lowest BCUT2D eigenvalue weighted by atomic mass is 9.80. The summed E-state index contributed by atoms with van der Waals surface area (Å²) >= 11 is 0. The maximum atomic E-state index is 2.46. The molecule has 1 heteroatoms. The van der Waals surface area contributed by atoms with E-state index in [0.717, 1.165) is 11.6 Å². The highest BCUT2D eigenvalue weighted by atomic mass is 31.1. The van der Waals surface area contributed by atoms with Crippen LogP contribution in [0.15, 0.2) is 0 Å². The highest BCUT2D eigenvalue weighted by Crippen LogP contribution is 2.48. The lowest BCUT2D eigenvalue weighted by Gasteiger charge is -2.35. The molecule has 1 fully saturated rings. The van der Waals surface area contributed by atoms with Crippen molar-refractivity contribution in [2.45, 2.75) is 59.5 Å². The van der Waals surface area contributed by atoms with Crippen LogP contribution in [0.2, 0.25) is 0 Å². The van der Waals surface area contributed by atoms with E-state index in [2.05, 4.69) is 34.6 Å². The van der Waals surface area contributed by atoms with E-state index >= 15 is 0 Å². The van der Waals surface area contributed by atoms with Crippen molar-refractivity contribution in [3.05, 3.63) is 0 Å². The molecule has 1 heterocycles. The highest BCUT2D eigenvalue weighted by Gasteiger charge is 2.26. The van der Waals surface area contributed by atoms with Crippen molar-refractivity contribution in [2.24, 2.45) is 11.3 Å². The molecule has 0 aromatic carbocycles. The molecule has 2 atom stereocenters. The van der Waals surface area contributed by atoms with Gasteiger partial charge in [-0.25, -0.2) is 0 Å². The van der Waals surface area contributed by atoms with Crippen LogP contribution in [0.3, 0.4) is 0 Å². The smallest absolute Gasteiger partial charge is 0.0266 e. The fourth-order valence-electron chi connectivity index (χ4n) is 2.61. The molecule has 0 aromatic heterocycles. The Kier molecular flexibility index (Phi) is 4.44. The summed E-state index contributed by atoms with van der Waals surface area (Å²) in [5.41, 5.74) is 1.56. The summed E-state index contributed by atoms with van der Waals surface area (Å²) in [5, 5.41) is 0. The molecule has 1 aliphatic heterocycles. The van der Waals surface area contributed by atoms with Crippen LogP contribution in [0.5, 0.6) is 0 Å². The lowest BCUT2D eigenvalue weighted by molar-refractivity contribution is 0.261. The van der Waals surface area contributed by atoms with Crippen LogP contribution in [0.4, 0.5) is 0 Å². The first-order chi connectivity index (χ1) is 6.41. The average molecular weight is 214 g/mol. The van der Waals surface area contributed by atoms with Gasteiger partial charge in [-0.15, -0.1) is 7.92 Å². The Balaban J connectivity index is 2.56. The minimum absolute atomic E-state index is 0.341. The van der Waals surface area contributed by atoms with E-state index in [9.17, 15) is 0 Å². The Labute approximate surface area is 91.6 Å². The molecule has 0 aromatic rings. The summed E-state index contributed by atoms with van der Waals surface area (Å²) in [6.45, 7) is 12.2. The van der Waals surface area contributed by atoms with Crippen LogP contribution in [-0.4, -0.2) is 18.0 Å². The zero-order valence-electron chi connectivity index (χ0n) is 10.6. The summed E-state index contributed by atoms with van der Waals surface area (Å²) in [6, 6.07) is 0. The van der Waals surface area contributed by atoms with Gasteiger partial charge in [-0.3, -0.25) is 0 Å². The zero-order valence-corrected chi connectivity index (χ0v) is 11.5. The van der Waals surface area contributed by atoms with E-state index < -0.39 is 0 Å². The topological polar surface area (TPSA) is 0 Å². The second-order valence-electron chi connectivity index (χ2n) is 6.14. The SMILES string of the molecule is CC1CCP(C(C)C)CCC(C)(C)C1. The Bertz CT molecular complexity index is 172. The predicted molar refractivity (Wildman–Crippen MR) is 68.6 cm³/mol. The van der Waals surface area contributed by atoms with Gasteiger partial charge in [-0.1, -0.05) is 34.6 Å².